The minimum atomic E-state index is -0.00593. The number of ether oxygens (including phenoxy) is 1. The Labute approximate surface area is 299 Å². The molecule has 0 saturated heterocycles. The SMILES string of the molecule is CC(C)(C)C1CCC(O)CC1.Cc1cc(Br)c2cc(O)ccc2n1.Cc1cc(Br)c2cc(OC3CCC(C(C)(C)C)CC3)ccc2n1. The number of aliphatic hydroxyl groups is 1. The number of nitrogens with zero attached hydrogens (tertiary/aromatic N) is 2. The van der Waals surface area contributed by atoms with Crippen molar-refractivity contribution in [3.8, 4) is 11.5 Å². The molecule has 2 N–H and O–H groups in total. The van der Waals surface area contributed by atoms with Crippen LogP contribution >= 0.6 is 31.9 Å². The van der Waals surface area contributed by atoms with Gasteiger partial charge in [0.25, 0.3) is 0 Å². The summed E-state index contributed by atoms with van der Waals surface area (Å²) in [6.45, 7) is 17.9. The molecule has 2 aromatic heterocycles. The molecule has 2 heterocycles. The second-order valence-corrected chi connectivity index (χ2v) is 17.4. The van der Waals surface area contributed by atoms with Crippen molar-refractivity contribution in [3.63, 3.8) is 0 Å². The Morgan fingerprint density at radius 2 is 1.09 bits per heavy atom. The van der Waals surface area contributed by atoms with Crippen LogP contribution in [0.2, 0.25) is 0 Å². The molecule has 2 saturated carbocycles. The van der Waals surface area contributed by atoms with Crippen molar-refractivity contribution < 1.29 is 14.9 Å². The van der Waals surface area contributed by atoms with E-state index >= 15 is 0 Å². The van der Waals surface area contributed by atoms with Crippen LogP contribution in [0.1, 0.15) is 104 Å². The van der Waals surface area contributed by atoms with Crippen molar-refractivity contribution in [2.45, 2.75) is 119 Å². The van der Waals surface area contributed by atoms with E-state index in [1.807, 2.05) is 26.0 Å². The molecule has 2 fully saturated rings. The molecule has 0 spiro atoms. The highest BCUT2D eigenvalue weighted by Crippen LogP contribution is 2.40. The van der Waals surface area contributed by atoms with E-state index in [1.165, 1.54) is 25.7 Å². The fraction of sp³-hybridized carbons (Fsp3) is 0.550. The third kappa shape index (κ3) is 10.9. The van der Waals surface area contributed by atoms with E-state index in [0.29, 0.717) is 16.9 Å². The van der Waals surface area contributed by atoms with Gasteiger partial charge in [-0.25, -0.2) is 0 Å². The number of fused-ring (bicyclic) bond motifs is 2. The van der Waals surface area contributed by atoms with Gasteiger partial charge in [-0.2, -0.15) is 0 Å². The number of phenols is 1. The molecular formula is C40H54Br2N2O3. The van der Waals surface area contributed by atoms with Crippen LogP contribution < -0.4 is 4.74 Å². The summed E-state index contributed by atoms with van der Waals surface area (Å²) in [5.74, 6) is 2.87. The molecule has 4 aromatic rings. The first-order valence-corrected chi connectivity index (χ1v) is 18.8. The summed E-state index contributed by atoms with van der Waals surface area (Å²) >= 11 is 7.07. The predicted octanol–water partition coefficient (Wildman–Crippen LogP) is 11.9. The van der Waals surface area contributed by atoms with Crippen molar-refractivity contribution in [2.24, 2.45) is 22.7 Å². The number of hydrogen-bond acceptors (Lipinski definition) is 5. The van der Waals surface area contributed by atoms with Gasteiger partial charge >= 0.3 is 0 Å². The molecule has 7 heteroatoms. The molecule has 2 aromatic carbocycles. The van der Waals surface area contributed by atoms with E-state index in [2.05, 4.69) is 108 Å². The minimum Gasteiger partial charge on any atom is -0.508 e. The Morgan fingerprint density at radius 1 is 0.638 bits per heavy atom. The lowest BCUT2D eigenvalue weighted by Crippen LogP contribution is -2.30. The summed E-state index contributed by atoms with van der Waals surface area (Å²) in [5, 5.41) is 20.6. The number of aromatic hydroxyl groups is 1. The maximum absolute atomic E-state index is 9.29. The van der Waals surface area contributed by atoms with Gasteiger partial charge in [0.05, 0.1) is 23.2 Å². The average Bonchev–Trinajstić information content (AvgIpc) is 2.98. The minimum absolute atomic E-state index is 0.00593. The lowest BCUT2D eigenvalue weighted by Gasteiger charge is -2.37. The summed E-state index contributed by atoms with van der Waals surface area (Å²) in [6.07, 6.45) is 9.66. The van der Waals surface area contributed by atoms with Gasteiger partial charge in [-0.1, -0.05) is 73.4 Å². The van der Waals surface area contributed by atoms with Gasteiger partial charge in [0.15, 0.2) is 0 Å². The Hall–Kier alpha value is -2.22. The lowest BCUT2D eigenvalue weighted by atomic mass is 9.72. The Morgan fingerprint density at radius 3 is 1.57 bits per heavy atom. The summed E-state index contributed by atoms with van der Waals surface area (Å²) in [5.41, 5.74) is 4.76. The number of pyridine rings is 2. The first-order chi connectivity index (χ1) is 22.0. The van der Waals surface area contributed by atoms with Crippen molar-refractivity contribution in [3.05, 3.63) is 68.9 Å². The van der Waals surface area contributed by atoms with Crippen molar-refractivity contribution >= 4 is 53.7 Å². The van der Waals surface area contributed by atoms with Crippen LogP contribution in [0.4, 0.5) is 0 Å². The zero-order valence-electron chi connectivity index (χ0n) is 29.5. The van der Waals surface area contributed by atoms with E-state index in [9.17, 15) is 10.2 Å². The van der Waals surface area contributed by atoms with E-state index < -0.39 is 0 Å². The van der Waals surface area contributed by atoms with Crippen molar-refractivity contribution in [2.75, 3.05) is 0 Å². The number of aryl methyl sites for hydroxylation is 2. The van der Waals surface area contributed by atoms with Crippen LogP contribution in [-0.4, -0.2) is 32.4 Å². The lowest BCUT2D eigenvalue weighted by molar-refractivity contribution is 0.0725. The monoisotopic (exact) mass is 768 g/mol. The molecule has 256 valence electrons. The topological polar surface area (TPSA) is 75.5 Å². The van der Waals surface area contributed by atoms with Crippen molar-refractivity contribution in [1.29, 1.82) is 0 Å². The van der Waals surface area contributed by atoms with Gasteiger partial charge in [0, 0.05) is 31.1 Å². The maximum atomic E-state index is 9.29. The fourth-order valence-electron chi connectivity index (χ4n) is 6.84. The predicted molar refractivity (Wildman–Crippen MR) is 203 cm³/mol. The summed E-state index contributed by atoms with van der Waals surface area (Å²) in [4.78, 5) is 8.91. The largest absolute Gasteiger partial charge is 0.508 e. The zero-order chi connectivity index (χ0) is 34.5. The molecule has 47 heavy (non-hydrogen) atoms. The van der Waals surface area contributed by atoms with Crippen LogP contribution in [0.25, 0.3) is 21.8 Å². The fourth-order valence-corrected chi connectivity index (χ4v) is 8.14. The van der Waals surface area contributed by atoms with Gasteiger partial charge < -0.3 is 14.9 Å². The highest BCUT2D eigenvalue weighted by Gasteiger charge is 2.31. The van der Waals surface area contributed by atoms with E-state index in [-0.39, 0.29) is 11.9 Å². The molecule has 2 aliphatic rings. The number of halogens is 2. The molecule has 0 unspecified atom stereocenters. The zero-order valence-corrected chi connectivity index (χ0v) is 32.7. The summed E-state index contributed by atoms with van der Waals surface area (Å²) in [6, 6.07) is 15.4. The number of aliphatic hydroxyl groups excluding tert-OH is 1. The van der Waals surface area contributed by atoms with Crippen LogP contribution in [-0.2, 0) is 0 Å². The Kier molecular flexibility index (Phi) is 12.8. The number of benzene rings is 2. The average molecular weight is 771 g/mol. The van der Waals surface area contributed by atoms with Crippen LogP contribution in [0.15, 0.2) is 57.5 Å². The smallest absolute Gasteiger partial charge is 0.120 e. The van der Waals surface area contributed by atoms with Gasteiger partial charge in [0.1, 0.15) is 11.5 Å². The number of aromatic nitrogens is 2. The van der Waals surface area contributed by atoms with Crippen LogP contribution in [0.5, 0.6) is 11.5 Å². The van der Waals surface area contributed by atoms with Crippen molar-refractivity contribution in [1.82, 2.24) is 9.97 Å². The summed E-state index contributed by atoms with van der Waals surface area (Å²) in [7, 11) is 0. The molecule has 0 bridgehead atoms. The molecule has 0 atom stereocenters. The van der Waals surface area contributed by atoms with E-state index in [0.717, 1.165) is 85.4 Å². The molecule has 0 amide bonds. The van der Waals surface area contributed by atoms with Gasteiger partial charge in [-0.05, 0) is 136 Å². The van der Waals surface area contributed by atoms with E-state index in [1.54, 1.807) is 12.1 Å². The maximum Gasteiger partial charge on any atom is 0.120 e. The first kappa shape index (κ1) is 37.6. The second kappa shape index (κ2) is 16.0. The number of phenolic OH excluding ortho intramolecular Hbond substituents is 1. The van der Waals surface area contributed by atoms with Gasteiger partial charge in [-0.3, -0.25) is 9.97 Å². The second-order valence-electron chi connectivity index (χ2n) is 15.7. The number of rotatable bonds is 2. The third-order valence-corrected chi connectivity index (χ3v) is 11.2. The molecule has 0 radical (unpaired) electrons. The molecule has 6 rings (SSSR count). The van der Waals surface area contributed by atoms with E-state index in [4.69, 9.17) is 4.74 Å². The highest BCUT2D eigenvalue weighted by molar-refractivity contribution is 9.11. The molecular weight excluding hydrogens is 716 g/mol. The van der Waals surface area contributed by atoms with Gasteiger partial charge in [-0.15, -0.1) is 0 Å². The molecule has 2 aliphatic carbocycles. The Bertz CT molecular complexity index is 1630. The highest BCUT2D eigenvalue weighted by atomic mass is 79.9. The van der Waals surface area contributed by atoms with Gasteiger partial charge in [0.2, 0.25) is 0 Å². The molecule has 0 aliphatic heterocycles. The van der Waals surface area contributed by atoms with Crippen LogP contribution in [0, 0.1) is 36.5 Å². The standard InChI is InChI=1S/C20H26BrNO.C10H8BrNO.C10H20O/c1-13-11-18(21)17-12-16(9-10-19(17)22-13)23-15-7-5-14(6-8-15)20(2,3)4;1-6-4-9(11)8-5-7(13)2-3-10(8)12-6;1-10(2,3)8-4-6-9(11)7-5-8/h9-12,14-15H,5-8H2,1-4H3;2-5,13H,1H3;8-9,11H,4-7H2,1-3H3. The quantitative estimate of drug-likeness (QED) is 0.212. The third-order valence-electron chi connectivity index (χ3n) is 9.85. The van der Waals surface area contributed by atoms with Crippen LogP contribution in [0.3, 0.4) is 0 Å². The summed E-state index contributed by atoms with van der Waals surface area (Å²) < 4.78 is 8.31. The molecule has 5 nitrogen and oxygen atoms in total. The number of hydrogen-bond donors (Lipinski definition) is 2. The Balaban J connectivity index is 0.000000176. The first-order valence-electron chi connectivity index (χ1n) is 17.2. The normalized spacial score (nSPS) is 21.8.